The van der Waals surface area contributed by atoms with Gasteiger partial charge in [-0.15, -0.1) is 0 Å². The molecule has 2 aromatic rings. The summed E-state index contributed by atoms with van der Waals surface area (Å²) in [5, 5.41) is 12.4. The summed E-state index contributed by atoms with van der Waals surface area (Å²) in [5.74, 6) is -1.52. The summed E-state index contributed by atoms with van der Waals surface area (Å²) in [6.45, 7) is 0. The highest BCUT2D eigenvalue weighted by Crippen LogP contribution is 2.17. The van der Waals surface area contributed by atoms with Crippen LogP contribution >= 0.6 is 15.9 Å². The van der Waals surface area contributed by atoms with E-state index in [9.17, 15) is 9.18 Å². The lowest BCUT2D eigenvalue weighted by Gasteiger charge is -2.07. The number of anilines is 1. The molecule has 2 aromatic carbocycles. The van der Waals surface area contributed by atoms with Gasteiger partial charge < -0.3 is 10.4 Å². The Bertz CT molecular complexity index is 599. The number of benzene rings is 2. The van der Waals surface area contributed by atoms with Crippen LogP contribution in [0.5, 0.6) is 5.75 Å². The molecule has 0 bridgehead atoms. The molecule has 0 unspecified atom stereocenters. The highest BCUT2D eigenvalue weighted by molar-refractivity contribution is 9.08. The Kier molecular flexibility index (Phi) is 4.16. The number of hydrogen-bond acceptors (Lipinski definition) is 2. The fraction of sp³-hybridized carbons (Fsp3) is 0.0714. The van der Waals surface area contributed by atoms with Crippen LogP contribution < -0.4 is 5.32 Å². The number of alkyl halides is 1. The first-order chi connectivity index (χ1) is 9.10. The van der Waals surface area contributed by atoms with Crippen molar-refractivity contribution in [3.63, 3.8) is 0 Å². The first-order valence-electron chi connectivity index (χ1n) is 5.55. The van der Waals surface area contributed by atoms with Crippen molar-refractivity contribution in [3.05, 3.63) is 59.4 Å². The number of aromatic hydroxyl groups is 1. The number of halogens is 2. The van der Waals surface area contributed by atoms with Crippen LogP contribution in [-0.4, -0.2) is 11.0 Å². The van der Waals surface area contributed by atoms with Gasteiger partial charge in [0.15, 0.2) is 0 Å². The van der Waals surface area contributed by atoms with Crippen LogP contribution in [0.1, 0.15) is 15.9 Å². The molecule has 2 N–H and O–H groups in total. The van der Waals surface area contributed by atoms with Gasteiger partial charge in [0.1, 0.15) is 11.6 Å². The zero-order valence-corrected chi connectivity index (χ0v) is 11.4. The molecule has 19 heavy (non-hydrogen) atoms. The predicted octanol–water partition coefficient (Wildman–Crippen LogP) is 3.68. The molecule has 0 saturated heterocycles. The second kappa shape index (κ2) is 5.84. The van der Waals surface area contributed by atoms with E-state index in [4.69, 9.17) is 5.11 Å². The number of carbonyl (C=O) groups excluding carboxylic acids is 1. The van der Waals surface area contributed by atoms with Gasteiger partial charge in [0.25, 0.3) is 5.91 Å². The maximum Gasteiger partial charge on any atom is 0.258 e. The zero-order valence-electron chi connectivity index (χ0n) is 9.86. The van der Waals surface area contributed by atoms with Crippen LogP contribution in [0, 0.1) is 5.82 Å². The van der Waals surface area contributed by atoms with Gasteiger partial charge in [0, 0.05) is 17.1 Å². The molecule has 3 nitrogen and oxygen atoms in total. The van der Waals surface area contributed by atoms with Crippen molar-refractivity contribution in [1.29, 1.82) is 0 Å². The normalized spacial score (nSPS) is 10.2. The summed E-state index contributed by atoms with van der Waals surface area (Å²) in [4.78, 5) is 11.9. The molecule has 0 aliphatic rings. The van der Waals surface area contributed by atoms with Gasteiger partial charge in [0.05, 0.1) is 5.56 Å². The molecule has 98 valence electrons. The lowest BCUT2D eigenvalue weighted by Crippen LogP contribution is -2.13. The van der Waals surface area contributed by atoms with E-state index in [0.29, 0.717) is 5.69 Å². The van der Waals surface area contributed by atoms with E-state index in [1.54, 1.807) is 12.1 Å². The molecule has 0 spiro atoms. The van der Waals surface area contributed by atoms with Crippen LogP contribution in [-0.2, 0) is 5.33 Å². The van der Waals surface area contributed by atoms with E-state index in [2.05, 4.69) is 21.2 Å². The molecule has 0 atom stereocenters. The Morgan fingerprint density at radius 1 is 1.21 bits per heavy atom. The Labute approximate surface area is 118 Å². The molecule has 0 aromatic heterocycles. The van der Waals surface area contributed by atoms with Gasteiger partial charge in [-0.2, -0.15) is 0 Å². The van der Waals surface area contributed by atoms with Gasteiger partial charge in [0.2, 0.25) is 0 Å². The lowest BCUT2D eigenvalue weighted by molar-refractivity contribution is 0.102. The number of hydrogen-bond donors (Lipinski definition) is 2. The van der Waals surface area contributed by atoms with Crippen molar-refractivity contribution in [2.24, 2.45) is 0 Å². The Morgan fingerprint density at radius 3 is 2.47 bits per heavy atom. The smallest absolute Gasteiger partial charge is 0.258 e. The minimum atomic E-state index is -0.755. The molecular weight excluding hydrogens is 313 g/mol. The van der Waals surface area contributed by atoms with Gasteiger partial charge in [-0.3, -0.25) is 4.79 Å². The largest absolute Gasteiger partial charge is 0.508 e. The molecule has 0 heterocycles. The van der Waals surface area contributed by atoms with Crippen LogP contribution in [0.2, 0.25) is 0 Å². The topological polar surface area (TPSA) is 49.3 Å². The molecule has 0 aliphatic carbocycles. The molecule has 2 rings (SSSR count). The summed E-state index contributed by atoms with van der Waals surface area (Å²) >= 11 is 3.33. The Morgan fingerprint density at radius 2 is 1.89 bits per heavy atom. The van der Waals surface area contributed by atoms with Crippen LogP contribution in [0.15, 0.2) is 42.5 Å². The zero-order chi connectivity index (χ0) is 13.8. The highest BCUT2D eigenvalue weighted by Gasteiger charge is 2.12. The van der Waals surface area contributed by atoms with Crippen molar-refractivity contribution in [3.8, 4) is 5.75 Å². The third-order valence-corrected chi connectivity index (χ3v) is 3.21. The van der Waals surface area contributed by atoms with Crippen LogP contribution in [0.4, 0.5) is 10.1 Å². The van der Waals surface area contributed by atoms with Crippen molar-refractivity contribution in [2.45, 2.75) is 5.33 Å². The van der Waals surface area contributed by atoms with Crippen LogP contribution in [0.25, 0.3) is 0 Å². The first-order valence-corrected chi connectivity index (χ1v) is 6.67. The van der Waals surface area contributed by atoms with Crippen molar-refractivity contribution in [1.82, 2.24) is 0 Å². The monoisotopic (exact) mass is 323 g/mol. The van der Waals surface area contributed by atoms with E-state index in [1.807, 2.05) is 12.1 Å². The molecule has 1 amide bonds. The van der Waals surface area contributed by atoms with Crippen molar-refractivity contribution >= 4 is 27.5 Å². The number of phenolic OH excluding ortho intramolecular Hbond substituents is 1. The number of amides is 1. The molecule has 0 aliphatic heterocycles. The van der Waals surface area contributed by atoms with E-state index in [0.717, 1.165) is 17.0 Å². The minimum absolute atomic E-state index is 0.109. The Hall–Kier alpha value is -1.88. The molecule has 0 saturated carbocycles. The van der Waals surface area contributed by atoms with Gasteiger partial charge in [-0.1, -0.05) is 28.1 Å². The second-order valence-corrected chi connectivity index (χ2v) is 4.51. The molecule has 5 heteroatoms. The quantitative estimate of drug-likeness (QED) is 0.846. The van der Waals surface area contributed by atoms with E-state index in [-0.39, 0.29) is 11.3 Å². The third-order valence-electron chi connectivity index (χ3n) is 2.56. The Balaban J connectivity index is 2.15. The minimum Gasteiger partial charge on any atom is -0.508 e. The maximum atomic E-state index is 13.5. The number of nitrogens with one attached hydrogen (secondary N) is 1. The molecule has 0 radical (unpaired) electrons. The number of carbonyl (C=O) groups is 1. The number of phenols is 1. The SMILES string of the molecule is O=C(Nc1ccc(CBr)cc1)c1ccc(O)cc1F. The van der Waals surface area contributed by atoms with E-state index >= 15 is 0 Å². The predicted molar refractivity (Wildman–Crippen MR) is 75.1 cm³/mol. The van der Waals surface area contributed by atoms with E-state index < -0.39 is 11.7 Å². The van der Waals surface area contributed by atoms with Gasteiger partial charge in [-0.05, 0) is 29.8 Å². The maximum absolute atomic E-state index is 13.5. The summed E-state index contributed by atoms with van der Waals surface area (Å²) < 4.78 is 13.5. The highest BCUT2D eigenvalue weighted by atomic mass is 79.9. The fourth-order valence-corrected chi connectivity index (χ4v) is 1.94. The van der Waals surface area contributed by atoms with E-state index in [1.165, 1.54) is 12.1 Å². The third kappa shape index (κ3) is 3.32. The summed E-state index contributed by atoms with van der Waals surface area (Å²) in [6.07, 6.45) is 0. The summed E-state index contributed by atoms with van der Waals surface area (Å²) in [7, 11) is 0. The standard InChI is InChI=1S/C14H11BrFNO2/c15-8-9-1-3-10(4-2-9)17-14(19)12-6-5-11(18)7-13(12)16/h1-7,18H,8H2,(H,17,19). The van der Waals surface area contributed by atoms with Gasteiger partial charge in [-0.25, -0.2) is 4.39 Å². The lowest BCUT2D eigenvalue weighted by atomic mass is 10.1. The van der Waals surface area contributed by atoms with Crippen molar-refractivity contribution < 1.29 is 14.3 Å². The number of rotatable bonds is 3. The fourth-order valence-electron chi connectivity index (χ4n) is 1.56. The van der Waals surface area contributed by atoms with Gasteiger partial charge >= 0.3 is 0 Å². The summed E-state index contributed by atoms with van der Waals surface area (Å²) in [5.41, 5.74) is 1.55. The van der Waals surface area contributed by atoms with Crippen LogP contribution in [0.3, 0.4) is 0 Å². The molecule has 0 fully saturated rings. The summed E-state index contributed by atoms with van der Waals surface area (Å²) in [6, 6.07) is 10.6. The first kappa shape index (κ1) is 13.5. The van der Waals surface area contributed by atoms with Crippen molar-refractivity contribution in [2.75, 3.05) is 5.32 Å². The molecular formula is C14H11BrFNO2. The second-order valence-electron chi connectivity index (χ2n) is 3.95. The average Bonchev–Trinajstić information content (AvgIpc) is 2.39. The average molecular weight is 324 g/mol.